The normalized spacial score (nSPS) is 16.7. The van der Waals surface area contributed by atoms with Crippen LogP contribution in [0.25, 0.3) is 0 Å². The van der Waals surface area contributed by atoms with Crippen molar-refractivity contribution < 1.29 is 16.8 Å². The van der Waals surface area contributed by atoms with E-state index in [0.717, 1.165) is 8.61 Å². The molecule has 0 aliphatic rings. The van der Waals surface area contributed by atoms with E-state index >= 15 is 0 Å². The molecule has 0 saturated carbocycles. The van der Waals surface area contributed by atoms with E-state index in [1.54, 1.807) is 19.0 Å². The van der Waals surface area contributed by atoms with E-state index in [-0.39, 0.29) is 0 Å². The molecule has 2 atom stereocenters. The first-order chi connectivity index (χ1) is 9.76. The Balaban J connectivity index is 6.25. The Morgan fingerprint density at radius 3 is 1.45 bits per heavy atom. The third kappa shape index (κ3) is 4.88. The highest BCUT2D eigenvalue weighted by molar-refractivity contribution is 7.93. The van der Waals surface area contributed by atoms with Gasteiger partial charge in [0.2, 0.25) is 20.0 Å². The lowest BCUT2D eigenvalue weighted by Gasteiger charge is -2.32. The summed E-state index contributed by atoms with van der Waals surface area (Å²) in [5.74, 6) is 0. The predicted octanol–water partition coefficient (Wildman–Crippen LogP) is -1.43. The molecule has 0 spiro atoms. The molecule has 22 heavy (non-hydrogen) atoms. The molecule has 0 heterocycles. The maximum Gasteiger partial charge on any atom is 0.239 e. The minimum atomic E-state index is -3.93. The van der Waals surface area contributed by atoms with Gasteiger partial charge in [-0.15, -0.1) is 0 Å². The van der Waals surface area contributed by atoms with Crippen LogP contribution in [0.1, 0.15) is 0 Å². The molecule has 11 heteroatoms. The first-order valence-electron chi connectivity index (χ1n) is 6.45. The summed E-state index contributed by atoms with van der Waals surface area (Å²) in [5.41, 5.74) is 0. The molecule has 9 nitrogen and oxygen atoms in total. The van der Waals surface area contributed by atoms with Gasteiger partial charge in [0.05, 0.1) is 6.34 Å². The zero-order valence-corrected chi connectivity index (χ0v) is 16.1. The van der Waals surface area contributed by atoms with Gasteiger partial charge in [-0.3, -0.25) is 9.89 Å². The number of sulfonamides is 2. The van der Waals surface area contributed by atoms with Crippen LogP contribution in [-0.2, 0) is 20.0 Å². The van der Waals surface area contributed by atoms with Gasteiger partial charge < -0.3 is 4.90 Å². The highest BCUT2D eigenvalue weighted by atomic mass is 32.2. The fourth-order valence-electron chi connectivity index (χ4n) is 1.60. The Kier molecular flexibility index (Phi) is 7.42. The number of hydrogen-bond donors (Lipinski definition) is 0. The second-order valence-electron chi connectivity index (χ2n) is 5.63. The van der Waals surface area contributed by atoms with E-state index in [1.807, 2.05) is 0 Å². The van der Waals surface area contributed by atoms with Crippen LogP contribution in [0.15, 0.2) is 4.99 Å². The minimum Gasteiger partial charge on any atom is -0.369 e. The van der Waals surface area contributed by atoms with E-state index in [9.17, 15) is 16.8 Å². The Bertz CT molecular complexity index is 582. The molecule has 0 aromatic heterocycles. The number of likely N-dealkylation sites (N-methyl/N-ethyl adjacent to an activating group) is 1. The van der Waals surface area contributed by atoms with Gasteiger partial charge in [-0.05, 0) is 14.1 Å². The number of rotatable bonds is 8. The van der Waals surface area contributed by atoms with E-state index in [1.165, 1.54) is 53.5 Å². The van der Waals surface area contributed by atoms with Crippen LogP contribution in [0.2, 0.25) is 0 Å². The van der Waals surface area contributed by atoms with Gasteiger partial charge in [0.15, 0.2) is 10.7 Å². The van der Waals surface area contributed by atoms with Crippen LogP contribution in [0.5, 0.6) is 0 Å². The average Bonchev–Trinajstić information content (AvgIpc) is 2.32. The zero-order valence-electron chi connectivity index (χ0n) is 14.4. The lowest BCUT2D eigenvalue weighted by atomic mass is 10.6. The molecular formula is C11H27N5O4S2. The Morgan fingerprint density at radius 1 is 0.773 bits per heavy atom. The van der Waals surface area contributed by atoms with E-state index in [2.05, 4.69) is 4.99 Å². The van der Waals surface area contributed by atoms with Gasteiger partial charge in [-0.1, -0.05) is 0 Å². The molecule has 0 radical (unpaired) electrons. The van der Waals surface area contributed by atoms with Gasteiger partial charge in [0, 0.05) is 42.3 Å². The van der Waals surface area contributed by atoms with Crippen molar-refractivity contribution in [3.63, 3.8) is 0 Å². The van der Waals surface area contributed by atoms with Gasteiger partial charge >= 0.3 is 0 Å². The maximum atomic E-state index is 12.5. The summed E-state index contributed by atoms with van der Waals surface area (Å²) in [4.78, 5) is 6.90. The smallest absolute Gasteiger partial charge is 0.239 e. The number of hydrogen-bond acceptors (Lipinski definition) is 6. The highest BCUT2D eigenvalue weighted by Gasteiger charge is 2.45. The van der Waals surface area contributed by atoms with Crippen LogP contribution >= 0.6 is 0 Å². The molecule has 0 saturated heterocycles. The second kappa shape index (κ2) is 7.68. The molecule has 0 fully saturated rings. The number of aliphatic imine (C=N–C) groups is 1. The molecule has 0 rings (SSSR count). The molecule has 2 unspecified atom stereocenters. The Morgan fingerprint density at radius 2 is 1.18 bits per heavy atom. The van der Waals surface area contributed by atoms with Crippen LogP contribution in [0.3, 0.4) is 0 Å². The van der Waals surface area contributed by atoms with E-state index in [0.29, 0.717) is 0 Å². The van der Waals surface area contributed by atoms with Crippen LogP contribution < -0.4 is 0 Å². The summed E-state index contributed by atoms with van der Waals surface area (Å²) in [6.07, 6.45) is 1.30. The molecule has 0 aromatic rings. The lowest BCUT2D eigenvalue weighted by Crippen LogP contribution is -2.54. The topological polar surface area (TPSA) is 93.6 Å². The first kappa shape index (κ1) is 21.2. The summed E-state index contributed by atoms with van der Waals surface area (Å²) in [6, 6.07) is 0. The highest BCUT2D eigenvalue weighted by Crippen LogP contribution is 2.21. The van der Waals surface area contributed by atoms with Crippen LogP contribution in [-0.4, -0.2) is 109 Å². The minimum absolute atomic E-state index is 0.979. The van der Waals surface area contributed by atoms with Gasteiger partial charge in [-0.25, -0.2) is 25.4 Å². The van der Waals surface area contributed by atoms with E-state index in [4.69, 9.17) is 0 Å². The fraction of sp³-hybridized carbons (Fsp3) is 0.909. The molecule has 0 amide bonds. The fourth-order valence-corrected chi connectivity index (χ4v) is 4.95. The summed E-state index contributed by atoms with van der Waals surface area (Å²) in [7, 11) is 3.98. The average molecular weight is 358 g/mol. The maximum absolute atomic E-state index is 12.5. The Hall–Kier alpha value is -0.750. The first-order valence-corrected chi connectivity index (χ1v) is 9.45. The van der Waals surface area contributed by atoms with Crippen molar-refractivity contribution in [2.45, 2.75) is 10.7 Å². The molecule has 0 bridgehead atoms. The van der Waals surface area contributed by atoms with Crippen molar-refractivity contribution in [3.05, 3.63) is 0 Å². The summed E-state index contributed by atoms with van der Waals surface area (Å²) in [6.45, 7) is 0. The van der Waals surface area contributed by atoms with Crippen molar-refractivity contribution in [2.24, 2.45) is 4.99 Å². The lowest BCUT2D eigenvalue weighted by molar-refractivity contribution is 0.332. The monoisotopic (exact) mass is 357 g/mol. The van der Waals surface area contributed by atoms with Crippen molar-refractivity contribution in [1.29, 1.82) is 0 Å². The summed E-state index contributed by atoms with van der Waals surface area (Å²) < 4.78 is 52.1. The second-order valence-corrected chi connectivity index (χ2v) is 10.1. The molecule has 132 valence electrons. The quantitative estimate of drug-likeness (QED) is 0.391. The molecule has 0 aliphatic carbocycles. The van der Waals surface area contributed by atoms with Crippen molar-refractivity contribution >= 4 is 26.4 Å². The molecule has 0 N–H and O–H groups in total. The standard InChI is InChI=1S/C11H27N5O4S2/c1-13(2)9-12-10(21(17,18)15(5)6)11(14(3)4)22(19,20)16(7)8/h9-11H,1-8H3. The predicted molar refractivity (Wildman–Crippen MR) is 88.7 cm³/mol. The van der Waals surface area contributed by atoms with Crippen molar-refractivity contribution in [1.82, 2.24) is 18.4 Å². The molecule has 0 aliphatic heterocycles. The largest absolute Gasteiger partial charge is 0.369 e. The third-order valence-corrected chi connectivity index (χ3v) is 7.31. The van der Waals surface area contributed by atoms with Crippen LogP contribution in [0.4, 0.5) is 0 Å². The molecule has 0 aromatic carbocycles. The summed E-state index contributed by atoms with van der Waals surface area (Å²) >= 11 is 0. The van der Waals surface area contributed by atoms with Gasteiger partial charge in [0.1, 0.15) is 0 Å². The van der Waals surface area contributed by atoms with Gasteiger partial charge in [-0.2, -0.15) is 0 Å². The zero-order chi connectivity index (χ0) is 17.9. The van der Waals surface area contributed by atoms with Crippen LogP contribution in [0, 0.1) is 0 Å². The third-order valence-electron chi connectivity index (χ3n) is 2.83. The Labute approximate surface area is 134 Å². The summed E-state index contributed by atoms with van der Waals surface area (Å²) in [5, 5.41) is -2.82. The SMILES string of the molecule is CN(C)C=NC(C(N(C)C)S(=O)(=O)N(C)C)S(=O)(=O)N(C)C. The van der Waals surface area contributed by atoms with Crippen molar-refractivity contribution in [2.75, 3.05) is 56.4 Å². The van der Waals surface area contributed by atoms with E-state index < -0.39 is 30.8 Å². The number of nitrogens with zero attached hydrogens (tertiary/aromatic N) is 5. The molecular weight excluding hydrogens is 330 g/mol. The van der Waals surface area contributed by atoms with Crippen molar-refractivity contribution in [3.8, 4) is 0 Å². The van der Waals surface area contributed by atoms with Gasteiger partial charge in [0.25, 0.3) is 0 Å².